The molecule has 1 saturated carbocycles. The lowest BCUT2D eigenvalue weighted by Gasteiger charge is -2.27. The van der Waals surface area contributed by atoms with Crippen LogP contribution < -0.4 is 0 Å². The van der Waals surface area contributed by atoms with Crippen LogP contribution in [0.15, 0.2) is 0 Å². The van der Waals surface area contributed by atoms with Crippen molar-refractivity contribution in [2.24, 2.45) is 0 Å². The van der Waals surface area contributed by atoms with Gasteiger partial charge in [0.15, 0.2) is 0 Å². The number of methoxy groups -OCH3 is 1. The number of carbonyl (C=O) groups is 2. The Morgan fingerprint density at radius 1 is 1.04 bits per heavy atom. The first kappa shape index (κ1) is 18.4. The van der Waals surface area contributed by atoms with Crippen molar-refractivity contribution >= 4 is 11.9 Å². The summed E-state index contributed by atoms with van der Waals surface area (Å²) in [5, 5.41) is 0. The van der Waals surface area contributed by atoms with Crippen molar-refractivity contribution in [2.75, 3.05) is 13.7 Å². The maximum absolute atomic E-state index is 12.6. The van der Waals surface area contributed by atoms with Crippen molar-refractivity contribution in [3.05, 3.63) is 28.1 Å². The lowest BCUT2D eigenvalue weighted by molar-refractivity contribution is 0.0501. The van der Waals surface area contributed by atoms with Crippen LogP contribution in [-0.4, -0.2) is 30.6 Å². The number of hydrogen-bond acceptors (Lipinski definition) is 5. The van der Waals surface area contributed by atoms with Crippen LogP contribution in [0.1, 0.15) is 89.0 Å². The summed E-state index contributed by atoms with van der Waals surface area (Å²) < 4.78 is 10.3. The second kappa shape index (κ2) is 8.27. The molecule has 0 bridgehead atoms. The van der Waals surface area contributed by atoms with E-state index in [2.05, 4.69) is 4.98 Å². The summed E-state index contributed by atoms with van der Waals surface area (Å²) in [5.74, 6) is -0.630. The third-order valence-corrected chi connectivity index (χ3v) is 4.64. The van der Waals surface area contributed by atoms with E-state index in [1.54, 1.807) is 6.92 Å². The highest BCUT2D eigenvalue weighted by molar-refractivity contribution is 5.99. The number of aryl methyl sites for hydroxylation is 2. The molecular formula is C19H27NO4. The molecule has 0 spiro atoms. The molecule has 0 N–H and O–H groups in total. The van der Waals surface area contributed by atoms with Crippen molar-refractivity contribution in [3.63, 3.8) is 0 Å². The first-order chi connectivity index (χ1) is 11.5. The largest absolute Gasteiger partial charge is 0.465 e. The molecule has 5 heteroatoms. The minimum atomic E-state index is -0.426. The van der Waals surface area contributed by atoms with Gasteiger partial charge in [-0.15, -0.1) is 0 Å². The molecule has 1 aliphatic carbocycles. The number of esters is 2. The van der Waals surface area contributed by atoms with E-state index in [4.69, 9.17) is 9.47 Å². The standard InChI is InChI=1S/C19H27NO4/c1-5-11-24-19(22)16-13(3)20-12(2)15(18(21)23-4)17(16)14-9-7-6-8-10-14/h14H,5-11H2,1-4H3. The third-order valence-electron chi connectivity index (χ3n) is 4.64. The van der Waals surface area contributed by atoms with Gasteiger partial charge in [0.2, 0.25) is 0 Å². The van der Waals surface area contributed by atoms with Crippen LogP contribution in [0.2, 0.25) is 0 Å². The average molecular weight is 333 g/mol. The predicted octanol–water partition coefficient (Wildman–Crippen LogP) is 4.10. The summed E-state index contributed by atoms with van der Waals surface area (Å²) in [4.78, 5) is 29.5. The summed E-state index contributed by atoms with van der Waals surface area (Å²) in [6, 6.07) is 0. The SMILES string of the molecule is CCCOC(=O)c1c(C)nc(C)c(C(=O)OC)c1C1CCCCC1. The van der Waals surface area contributed by atoms with Gasteiger partial charge in [-0.25, -0.2) is 9.59 Å². The topological polar surface area (TPSA) is 65.5 Å². The van der Waals surface area contributed by atoms with E-state index < -0.39 is 5.97 Å². The zero-order valence-corrected chi connectivity index (χ0v) is 15.1. The number of pyridine rings is 1. The summed E-state index contributed by atoms with van der Waals surface area (Å²) in [7, 11) is 1.36. The first-order valence-electron chi connectivity index (χ1n) is 8.77. The molecule has 1 aromatic heterocycles. The Morgan fingerprint density at radius 2 is 1.62 bits per heavy atom. The molecule has 0 amide bonds. The van der Waals surface area contributed by atoms with Gasteiger partial charge in [0, 0.05) is 0 Å². The van der Waals surface area contributed by atoms with Gasteiger partial charge in [0.05, 0.1) is 36.2 Å². The van der Waals surface area contributed by atoms with E-state index in [0.29, 0.717) is 29.1 Å². The number of nitrogens with zero attached hydrogens (tertiary/aromatic N) is 1. The number of hydrogen-bond donors (Lipinski definition) is 0. The number of rotatable bonds is 5. The Labute approximate surface area is 143 Å². The second-order valence-corrected chi connectivity index (χ2v) is 6.41. The van der Waals surface area contributed by atoms with Crippen LogP contribution >= 0.6 is 0 Å². The van der Waals surface area contributed by atoms with E-state index in [9.17, 15) is 9.59 Å². The quantitative estimate of drug-likeness (QED) is 0.759. The molecule has 1 aromatic rings. The highest BCUT2D eigenvalue weighted by Crippen LogP contribution is 2.38. The summed E-state index contributed by atoms with van der Waals surface area (Å²) in [5.41, 5.74) is 2.93. The lowest BCUT2D eigenvalue weighted by atomic mass is 9.79. The molecule has 0 saturated heterocycles. The molecule has 0 aromatic carbocycles. The highest BCUT2D eigenvalue weighted by Gasteiger charge is 2.31. The number of aromatic nitrogens is 1. The number of ether oxygens (including phenoxy) is 2. The average Bonchev–Trinajstić information content (AvgIpc) is 2.59. The molecule has 0 atom stereocenters. The fraction of sp³-hybridized carbons (Fsp3) is 0.632. The van der Waals surface area contributed by atoms with Crippen molar-refractivity contribution in [2.45, 2.75) is 65.2 Å². The van der Waals surface area contributed by atoms with E-state index in [0.717, 1.165) is 37.7 Å². The van der Waals surface area contributed by atoms with Crippen LogP contribution in [0.4, 0.5) is 0 Å². The normalized spacial score (nSPS) is 15.2. The van der Waals surface area contributed by atoms with Gasteiger partial charge in [-0.3, -0.25) is 4.98 Å². The Kier molecular flexibility index (Phi) is 6.35. The zero-order chi connectivity index (χ0) is 17.7. The van der Waals surface area contributed by atoms with Gasteiger partial charge >= 0.3 is 11.9 Å². The van der Waals surface area contributed by atoms with Gasteiger partial charge in [-0.2, -0.15) is 0 Å². The molecule has 2 rings (SSSR count). The van der Waals surface area contributed by atoms with E-state index in [1.165, 1.54) is 13.5 Å². The molecule has 1 aliphatic rings. The minimum absolute atomic E-state index is 0.178. The predicted molar refractivity (Wildman–Crippen MR) is 91.5 cm³/mol. The first-order valence-corrected chi connectivity index (χ1v) is 8.77. The fourth-order valence-electron chi connectivity index (χ4n) is 3.56. The molecule has 24 heavy (non-hydrogen) atoms. The maximum Gasteiger partial charge on any atom is 0.340 e. The van der Waals surface area contributed by atoms with Crippen LogP contribution in [0, 0.1) is 13.8 Å². The van der Waals surface area contributed by atoms with E-state index >= 15 is 0 Å². The van der Waals surface area contributed by atoms with Crippen LogP contribution in [0.5, 0.6) is 0 Å². The Hall–Kier alpha value is -1.91. The van der Waals surface area contributed by atoms with Crippen molar-refractivity contribution in [1.82, 2.24) is 4.98 Å². The Balaban J connectivity index is 2.62. The summed E-state index contributed by atoms with van der Waals surface area (Å²) in [6.07, 6.45) is 6.11. The van der Waals surface area contributed by atoms with Crippen LogP contribution in [0.25, 0.3) is 0 Å². The Morgan fingerprint density at radius 3 is 2.17 bits per heavy atom. The fourth-order valence-corrected chi connectivity index (χ4v) is 3.56. The van der Waals surface area contributed by atoms with Crippen LogP contribution in [0.3, 0.4) is 0 Å². The maximum atomic E-state index is 12.6. The van der Waals surface area contributed by atoms with Crippen LogP contribution in [-0.2, 0) is 9.47 Å². The monoisotopic (exact) mass is 333 g/mol. The molecule has 1 heterocycles. The van der Waals surface area contributed by atoms with Gasteiger partial charge in [0.25, 0.3) is 0 Å². The summed E-state index contributed by atoms with van der Waals surface area (Å²) in [6.45, 7) is 5.93. The minimum Gasteiger partial charge on any atom is -0.465 e. The molecular weight excluding hydrogens is 306 g/mol. The van der Waals surface area contributed by atoms with Gasteiger partial charge in [0.1, 0.15) is 0 Å². The molecule has 132 valence electrons. The molecule has 5 nitrogen and oxygen atoms in total. The molecule has 0 radical (unpaired) electrons. The van der Waals surface area contributed by atoms with E-state index in [-0.39, 0.29) is 11.9 Å². The van der Waals surface area contributed by atoms with Crippen molar-refractivity contribution < 1.29 is 19.1 Å². The molecule has 0 unspecified atom stereocenters. The molecule has 1 fully saturated rings. The van der Waals surface area contributed by atoms with Gasteiger partial charge in [-0.05, 0) is 44.6 Å². The smallest absolute Gasteiger partial charge is 0.340 e. The number of carbonyl (C=O) groups excluding carboxylic acids is 2. The van der Waals surface area contributed by atoms with Crippen molar-refractivity contribution in [3.8, 4) is 0 Å². The van der Waals surface area contributed by atoms with Crippen molar-refractivity contribution in [1.29, 1.82) is 0 Å². The lowest BCUT2D eigenvalue weighted by Crippen LogP contribution is -2.22. The van der Waals surface area contributed by atoms with Gasteiger partial charge in [-0.1, -0.05) is 26.2 Å². The Bertz CT molecular complexity index is 618. The highest BCUT2D eigenvalue weighted by atomic mass is 16.5. The molecule has 0 aliphatic heterocycles. The summed E-state index contributed by atoms with van der Waals surface area (Å²) >= 11 is 0. The zero-order valence-electron chi connectivity index (χ0n) is 15.1. The second-order valence-electron chi connectivity index (χ2n) is 6.41. The van der Waals surface area contributed by atoms with Gasteiger partial charge < -0.3 is 9.47 Å². The van der Waals surface area contributed by atoms with E-state index in [1.807, 2.05) is 13.8 Å². The third kappa shape index (κ3) is 3.77.